The number of rotatable bonds is 5. The summed E-state index contributed by atoms with van der Waals surface area (Å²) in [7, 11) is 1.81. The van der Waals surface area contributed by atoms with Crippen LogP contribution in [0.4, 0.5) is 16.3 Å². The van der Waals surface area contributed by atoms with Gasteiger partial charge in [0.2, 0.25) is 0 Å². The van der Waals surface area contributed by atoms with Crippen LogP contribution in [0.2, 0.25) is 0 Å². The molecular formula is C24H29N7O2. The second-order valence-electron chi connectivity index (χ2n) is 8.75. The SMILES string of the molecule is CCc1cc2ncc(CN3CCN(c4ccc(N5CCN(C)C5=O)nc4)CC3)cc2[nH]c1=O. The predicted octanol–water partition coefficient (Wildman–Crippen LogP) is 2.07. The Balaban J connectivity index is 1.20. The number of nitrogens with zero attached hydrogens (tertiary/aromatic N) is 6. The fraction of sp³-hybridized carbons (Fsp3) is 0.417. The van der Waals surface area contributed by atoms with Gasteiger partial charge in [0.05, 0.1) is 22.9 Å². The van der Waals surface area contributed by atoms with Crippen molar-refractivity contribution in [2.24, 2.45) is 0 Å². The van der Waals surface area contributed by atoms with Crippen molar-refractivity contribution in [3.8, 4) is 0 Å². The number of aromatic nitrogens is 3. The van der Waals surface area contributed by atoms with Crippen LogP contribution < -0.4 is 15.4 Å². The highest BCUT2D eigenvalue weighted by molar-refractivity contribution is 5.93. The number of carbonyl (C=O) groups excluding carboxylic acids is 1. The molecule has 5 rings (SSSR count). The van der Waals surface area contributed by atoms with Gasteiger partial charge < -0.3 is 14.8 Å². The highest BCUT2D eigenvalue weighted by Gasteiger charge is 2.27. The maximum absolute atomic E-state index is 12.2. The second-order valence-corrected chi connectivity index (χ2v) is 8.75. The van der Waals surface area contributed by atoms with Crippen LogP contribution in [-0.4, -0.2) is 77.1 Å². The van der Waals surface area contributed by atoms with Crippen molar-refractivity contribution in [2.45, 2.75) is 19.9 Å². The minimum absolute atomic E-state index is 0.00178. The molecule has 0 spiro atoms. The third kappa shape index (κ3) is 4.28. The van der Waals surface area contributed by atoms with Crippen LogP contribution in [0.25, 0.3) is 11.0 Å². The summed E-state index contributed by atoms with van der Waals surface area (Å²) < 4.78 is 0. The van der Waals surface area contributed by atoms with Crippen molar-refractivity contribution >= 4 is 28.6 Å². The van der Waals surface area contributed by atoms with Crippen molar-refractivity contribution in [1.29, 1.82) is 0 Å². The lowest BCUT2D eigenvalue weighted by atomic mass is 10.1. The normalized spacial score (nSPS) is 17.4. The van der Waals surface area contributed by atoms with Crippen LogP contribution in [-0.2, 0) is 13.0 Å². The first-order chi connectivity index (χ1) is 16.0. The maximum Gasteiger partial charge on any atom is 0.325 e. The van der Waals surface area contributed by atoms with Gasteiger partial charge in [-0.3, -0.25) is 19.6 Å². The molecular weight excluding hydrogens is 418 g/mol. The van der Waals surface area contributed by atoms with E-state index in [1.165, 1.54) is 0 Å². The summed E-state index contributed by atoms with van der Waals surface area (Å²) in [5, 5.41) is 0. The van der Waals surface area contributed by atoms with E-state index in [0.717, 1.165) is 67.1 Å². The van der Waals surface area contributed by atoms with Crippen molar-refractivity contribution in [1.82, 2.24) is 24.8 Å². The number of H-pyrrole nitrogens is 1. The highest BCUT2D eigenvalue weighted by atomic mass is 16.2. The van der Waals surface area contributed by atoms with Crippen LogP contribution in [0.5, 0.6) is 0 Å². The molecule has 5 heterocycles. The van der Waals surface area contributed by atoms with Crippen LogP contribution in [0.15, 0.2) is 41.5 Å². The van der Waals surface area contributed by atoms with E-state index >= 15 is 0 Å². The number of hydrogen-bond acceptors (Lipinski definition) is 6. The van der Waals surface area contributed by atoms with E-state index in [-0.39, 0.29) is 11.6 Å². The molecule has 2 aliphatic rings. The van der Waals surface area contributed by atoms with Gasteiger partial charge in [-0.15, -0.1) is 0 Å². The summed E-state index contributed by atoms with van der Waals surface area (Å²) in [5.41, 5.74) is 4.54. The number of pyridine rings is 3. The van der Waals surface area contributed by atoms with Crippen LogP contribution >= 0.6 is 0 Å². The third-order valence-electron chi connectivity index (χ3n) is 6.58. The van der Waals surface area contributed by atoms with Crippen molar-refractivity contribution < 1.29 is 4.79 Å². The first kappa shape index (κ1) is 21.4. The summed E-state index contributed by atoms with van der Waals surface area (Å²) in [4.78, 5) is 44.5. The summed E-state index contributed by atoms with van der Waals surface area (Å²) in [6, 6.07) is 7.91. The fourth-order valence-corrected chi connectivity index (χ4v) is 4.52. The quantitative estimate of drug-likeness (QED) is 0.644. The van der Waals surface area contributed by atoms with Crippen LogP contribution in [0, 0.1) is 0 Å². The van der Waals surface area contributed by atoms with E-state index in [4.69, 9.17) is 0 Å². The van der Waals surface area contributed by atoms with Crippen molar-refractivity contribution in [2.75, 3.05) is 56.1 Å². The summed E-state index contributed by atoms with van der Waals surface area (Å²) in [6.45, 7) is 7.86. The molecule has 1 N–H and O–H groups in total. The van der Waals surface area contributed by atoms with E-state index in [9.17, 15) is 9.59 Å². The van der Waals surface area contributed by atoms with E-state index in [0.29, 0.717) is 18.8 Å². The van der Waals surface area contributed by atoms with Gasteiger partial charge in [0.25, 0.3) is 5.56 Å². The summed E-state index contributed by atoms with van der Waals surface area (Å²) in [5.74, 6) is 0.708. The lowest BCUT2D eigenvalue weighted by Gasteiger charge is -2.36. The predicted molar refractivity (Wildman–Crippen MR) is 129 cm³/mol. The van der Waals surface area contributed by atoms with Gasteiger partial charge in [0.1, 0.15) is 5.82 Å². The molecule has 0 aromatic carbocycles. The molecule has 0 unspecified atom stereocenters. The number of hydrogen-bond donors (Lipinski definition) is 1. The molecule has 3 aromatic heterocycles. The average Bonchev–Trinajstić information content (AvgIpc) is 3.17. The molecule has 0 bridgehead atoms. The Bertz CT molecular complexity index is 1220. The number of urea groups is 1. The molecule has 3 aromatic rings. The molecule has 2 aliphatic heterocycles. The van der Waals surface area contributed by atoms with Crippen molar-refractivity contribution in [3.05, 3.63) is 58.1 Å². The number of aromatic amines is 1. The largest absolute Gasteiger partial charge is 0.368 e. The number of amides is 2. The van der Waals surface area contributed by atoms with Gasteiger partial charge >= 0.3 is 6.03 Å². The Hall–Kier alpha value is -3.46. The topological polar surface area (TPSA) is 88.7 Å². The maximum atomic E-state index is 12.2. The molecule has 9 nitrogen and oxygen atoms in total. The number of nitrogens with one attached hydrogen (secondary N) is 1. The Morgan fingerprint density at radius 1 is 0.970 bits per heavy atom. The number of aryl methyl sites for hydroxylation is 1. The average molecular weight is 448 g/mol. The lowest BCUT2D eigenvalue weighted by Crippen LogP contribution is -2.46. The molecule has 0 radical (unpaired) electrons. The van der Waals surface area contributed by atoms with Gasteiger partial charge in [0, 0.05) is 64.6 Å². The highest BCUT2D eigenvalue weighted by Crippen LogP contribution is 2.22. The van der Waals surface area contributed by atoms with Gasteiger partial charge in [-0.05, 0) is 36.2 Å². The fourth-order valence-electron chi connectivity index (χ4n) is 4.52. The monoisotopic (exact) mass is 447 g/mol. The standard InChI is InChI=1S/C24H29N7O2/c1-3-18-13-20-21(27-23(18)32)12-17(14-25-20)16-29-7-9-30(10-8-29)19-4-5-22(26-15-19)31-11-6-28(2)24(31)33/h4-5,12-15H,3,6-11,16H2,1-2H3,(H,27,32). The first-order valence-corrected chi connectivity index (χ1v) is 11.5. The van der Waals surface area contributed by atoms with Crippen molar-refractivity contribution in [3.63, 3.8) is 0 Å². The van der Waals surface area contributed by atoms with Gasteiger partial charge in [-0.2, -0.15) is 0 Å². The summed E-state index contributed by atoms with van der Waals surface area (Å²) in [6.07, 6.45) is 4.47. The zero-order valence-electron chi connectivity index (χ0n) is 19.1. The molecule has 2 fully saturated rings. The van der Waals surface area contributed by atoms with Gasteiger partial charge in [0.15, 0.2) is 0 Å². The van der Waals surface area contributed by atoms with Crippen LogP contribution in [0.3, 0.4) is 0 Å². The molecule has 172 valence electrons. The number of anilines is 2. The Morgan fingerprint density at radius 2 is 1.79 bits per heavy atom. The number of fused-ring (bicyclic) bond motifs is 1. The molecule has 2 saturated heterocycles. The zero-order chi connectivity index (χ0) is 22.9. The smallest absolute Gasteiger partial charge is 0.325 e. The third-order valence-corrected chi connectivity index (χ3v) is 6.58. The van der Waals surface area contributed by atoms with Gasteiger partial charge in [-0.1, -0.05) is 6.92 Å². The molecule has 0 atom stereocenters. The molecule has 2 amide bonds. The zero-order valence-corrected chi connectivity index (χ0v) is 19.1. The first-order valence-electron chi connectivity index (χ1n) is 11.5. The van der Waals surface area contributed by atoms with E-state index < -0.39 is 0 Å². The number of likely N-dealkylation sites (N-methyl/N-ethyl adjacent to an activating group) is 1. The van der Waals surface area contributed by atoms with Gasteiger partial charge in [-0.25, -0.2) is 9.78 Å². The Labute approximate surface area is 192 Å². The Kier molecular flexibility index (Phi) is 5.72. The van der Waals surface area contributed by atoms with E-state index in [2.05, 4.69) is 30.8 Å². The summed E-state index contributed by atoms with van der Waals surface area (Å²) >= 11 is 0. The minimum Gasteiger partial charge on any atom is -0.368 e. The molecule has 33 heavy (non-hydrogen) atoms. The second kappa shape index (κ2) is 8.82. The lowest BCUT2D eigenvalue weighted by molar-refractivity contribution is 0.229. The Morgan fingerprint density at radius 3 is 2.45 bits per heavy atom. The van der Waals surface area contributed by atoms with E-state index in [1.807, 2.05) is 44.6 Å². The van der Waals surface area contributed by atoms with Crippen LogP contribution in [0.1, 0.15) is 18.1 Å². The molecule has 0 saturated carbocycles. The van der Waals surface area contributed by atoms with E-state index in [1.54, 1.807) is 9.80 Å². The minimum atomic E-state index is -0.0293. The number of carbonyl (C=O) groups is 1. The molecule has 9 heteroatoms. The number of piperazine rings is 1. The molecule has 0 aliphatic carbocycles.